The van der Waals surface area contributed by atoms with Gasteiger partial charge in [-0.05, 0) is 78.3 Å². The summed E-state index contributed by atoms with van der Waals surface area (Å²) >= 11 is 0. The third-order valence-corrected chi connectivity index (χ3v) is 11.7. The number of nitrogens with two attached hydrogens (primary N) is 1. The van der Waals surface area contributed by atoms with Gasteiger partial charge in [0.05, 0.1) is 67.5 Å². The van der Waals surface area contributed by atoms with Crippen LogP contribution in [-0.2, 0) is 22.6 Å². The molecule has 4 N–H and O–H groups in total. The Morgan fingerprint density at radius 2 is 1.52 bits per heavy atom. The Labute approximate surface area is 360 Å². The molecule has 4 aliphatic heterocycles. The molecule has 62 heavy (non-hydrogen) atoms. The van der Waals surface area contributed by atoms with Gasteiger partial charge in [0.25, 0.3) is 11.8 Å². The van der Waals surface area contributed by atoms with Crippen molar-refractivity contribution >= 4 is 58.7 Å². The zero-order valence-electron chi connectivity index (χ0n) is 35.6. The van der Waals surface area contributed by atoms with Crippen molar-refractivity contribution < 1.29 is 33.4 Å². The van der Waals surface area contributed by atoms with Gasteiger partial charge in [-0.25, -0.2) is 0 Å². The van der Waals surface area contributed by atoms with Crippen molar-refractivity contribution in [2.75, 3.05) is 32.2 Å². The summed E-state index contributed by atoms with van der Waals surface area (Å²) in [6.45, 7) is 8.67. The summed E-state index contributed by atoms with van der Waals surface area (Å²) in [7, 11) is 1.56. The molecule has 320 valence electrons. The van der Waals surface area contributed by atoms with E-state index in [1.54, 1.807) is 42.5 Å². The number of rotatable bonds is 13. The minimum Gasteiger partial charge on any atom is -0.493 e. The van der Waals surface area contributed by atoms with Gasteiger partial charge in [-0.1, -0.05) is 49.7 Å². The summed E-state index contributed by atoms with van der Waals surface area (Å²) in [4.78, 5) is 65.3. The highest BCUT2D eigenvalue weighted by Crippen LogP contribution is 2.40. The smallest absolute Gasteiger partial charge is 0.260 e. The molecular weight excluding hydrogens is 787 g/mol. The molecule has 0 saturated heterocycles. The third kappa shape index (κ3) is 8.68. The highest BCUT2D eigenvalue weighted by atomic mass is 16.5. The molecule has 0 spiro atoms. The average molecular weight is 838 g/mol. The molecule has 0 radical (unpaired) electrons. The molecule has 14 nitrogen and oxygen atoms in total. The van der Waals surface area contributed by atoms with E-state index in [-0.39, 0.29) is 48.2 Å². The van der Waals surface area contributed by atoms with E-state index in [0.717, 1.165) is 22.3 Å². The number of anilines is 1. The lowest BCUT2D eigenvalue weighted by molar-refractivity contribution is -0.125. The minimum absolute atomic E-state index is 0.0397. The highest BCUT2D eigenvalue weighted by Gasteiger charge is 2.35. The predicted molar refractivity (Wildman–Crippen MR) is 238 cm³/mol. The van der Waals surface area contributed by atoms with Crippen molar-refractivity contribution in [3.63, 3.8) is 0 Å². The Morgan fingerprint density at radius 1 is 0.823 bits per heavy atom. The second-order valence-electron chi connectivity index (χ2n) is 16.5. The zero-order valence-corrected chi connectivity index (χ0v) is 35.6. The number of benzene rings is 4. The third-order valence-electron chi connectivity index (χ3n) is 11.7. The highest BCUT2D eigenvalue weighted by molar-refractivity contribution is 6.06. The maximum Gasteiger partial charge on any atom is 0.260 e. The Bertz CT molecular complexity index is 2530. The fraction of sp³-hybridized carbons (Fsp3) is 0.333. The quantitative estimate of drug-likeness (QED) is 0.129. The van der Waals surface area contributed by atoms with Gasteiger partial charge in [0, 0.05) is 55.8 Å². The van der Waals surface area contributed by atoms with E-state index in [9.17, 15) is 19.2 Å². The fourth-order valence-corrected chi connectivity index (χ4v) is 8.08. The standard InChI is InChI=1S/C48H51N7O7/c1-27(2)45(49)46(57)52-24-44(56)53-34-11-9-30(10-12-34)33-18-36-23-50-39-20-41(29(4)16-37(39)47(58)55(36)26-33)61-13-6-14-62-43-21-40-38(19-42(43)60-5)48(59)54-25-32-15-28(3)7-8-31(32)17-35(54)22-51-40/h7-12,15-16,19-23,26-27,35-36,45H,6,13-14,17-18,24-25,49H2,1-5H3,(H,52,57)(H,53,56). The van der Waals surface area contributed by atoms with Crippen LogP contribution in [0.1, 0.15) is 75.2 Å². The molecule has 0 bridgehead atoms. The zero-order chi connectivity index (χ0) is 43.7. The molecular formula is C48H51N7O7. The largest absolute Gasteiger partial charge is 0.493 e. The number of nitrogens with one attached hydrogen (secondary N) is 2. The molecule has 3 atom stereocenters. The van der Waals surface area contributed by atoms with E-state index in [2.05, 4.69) is 35.8 Å². The normalized spacial score (nSPS) is 17.8. The van der Waals surface area contributed by atoms with Gasteiger partial charge in [-0.3, -0.25) is 29.2 Å². The Morgan fingerprint density at radius 3 is 2.24 bits per heavy atom. The molecule has 4 heterocycles. The van der Waals surface area contributed by atoms with Crippen LogP contribution in [0.5, 0.6) is 17.2 Å². The first-order valence-electron chi connectivity index (χ1n) is 20.9. The summed E-state index contributed by atoms with van der Waals surface area (Å²) in [6, 6.07) is 19.8. The van der Waals surface area contributed by atoms with Gasteiger partial charge in [0.15, 0.2) is 11.5 Å². The first kappa shape index (κ1) is 41.9. The van der Waals surface area contributed by atoms with E-state index in [4.69, 9.17) is 29.9 Å². The minimum atomic E-state index is -0.682. The second-order valence-corrected chi connectivity index (χ2v) is 16.5. The van der Waals surface area contributed by atoms with Gasteiger partial charge < -0.3 is 40.4 Å². The van der Waals surface area contributed by atoms with E-state index in [0.29, 0.717) is 84.5 Å². The number of ether oxygens (including phenoxy) is 3. The monoisotopic (exact) mass is 837 g/mol. The first-order valence-corrected chi connectivity index (χ1v) is 20.9. The van der Waals surface area contributed by atoms with Crippen molar-refractivity contribution in [2.24, 2.45) is 21.6 Å². The lowest BCUT2D eigenvalue weighted by Gasteiger charge is -2.34. The van der Waals surface area contributed by atoms with Crippen molar-refractivity contribution in [2.45, 2.75) is 71.6 Å². The summed E-state index contributed by atoms with van der Waals surface area (Å²) in [5.74, 6) is 0.570. The lowest BCUT2D eigenvalue weighted by atomic mass is 9.93. The number of aliphatic imine (C=N–C) groups is 2. The van der Waals surface area contributed by atoms with E-state index >= 15 is 0 Å². The van der Waals surface area contributed by atoms with Crippen molar-refractivity contribution in [1.82, 2.24) is 15.1 Å². The number of carbonyl (C=O) groups excluding carboxylic acids is 4. The molecule has 0 fully saturated rings. The second kappa shape index (κ2) is 17.7. The van der Waals surface area contributed by atoms with Crippen LogP contribution in [0.25, 0.3) is 5.57 Å². The molecule has 4 aromatic carbocycles. The topological polar surface area (TPSA) is 177 Å². The number of methoxy groups -OCH3 is 1. The molecule has 4 amide bonds. The maximum absolute atomic E-state index is 13.9. The van der Waals surface area contributed by atoms with Crippen LogP contribution in [-0.4, -0.2) is 90.9 Å². The number of aryl methyl sites for hydroxylation is 2. The molecule has 14 heteroatoms. The van der Waals surface area contributed by atoms with Crippen LogP contribution in [0.3, 0.4) is 0 Å². The van der Waals surface area contributed by atoms with E-state index in [1.165, 1.54) is 11.1 Å². The SMILES string of the molecule is COc1cc2c(cc1OCCCOc1cc3c(cc1C)C(=O)N1C=C(c4ccc(NC(=O)CNC(=O)C(N)C(C)C)cc4)CC1C=N3)N=CC1Cc3ccc(C)cc3CN1C2=O. The molecule has 3 unspecified atom stereocenters. The molecule has 0 aromatic heterocycles. The molecule has 0 aliphatic carbocycles. The summed E-state index contributed by atoms with van der Waals surface area (Å²) in [5, 5.41) is 5.35. The number of hydrogen-bond donors (Lipinski definition) is 3. The fourth-order valence-electron chi connectivity index (χ4n) is 8.08. The van der Waals surface area contributed by atoms with Crippen LogP contribution >= 0.6 is 0 Å². The van der Waals surface area contributed by atoms with Crippen LogP contribution in [0, 0.1) is 19.8 Å². The first-order chi connectivity index (χ1) is 29.9. The summed E-state index contributed by atoms with van der Waals surface area (Å²) in [5.41, 5.74) is 14.7. The Balaban J connectivity index is 0.852. The number of fused-ring (bicyclic) bond motifs is 5. The summed E-state index contributed by atoms with van der Waals surface area (Å²) in [6.07, 6.45) is 7.36. The molecule has 4 aromatic rings. The lowest BCUT2D eigenvalue weighted by Crippen LogP contribution is -2.46. The number of nitrogens with zero attached hydrogens (tertiary/aromatic N) is 4. The molecule has 4 aliphatic rings. The van der Waals surface area contributed by atoms with Crippen LogP contribution < -0.4 is 30.6 Å². The van der Waals surface area contributed by atoms with Gasteiger partial charge in [-0.15, -0.1) is 0 Å². The van der Waals surface area contributed by atoms with Crippen molar-refractivity contribution in [3.05, 3.63) is 112 Å². The maximum atomic E-state index is 13.9. The summed E-state index contributed by atoms with van der Waals surface area (Å²) < 4.78 is 18.0. The number of amides is 4. The molecule has 0 saturated carbocycles. The molecule has 8 rings (SSSR count). The van der Waals surface area contributed by atoms with E-state index in [1.807, 2.05) is 62.4 Å². The Kier molecular flexibility index (Phi) is 11.9. The van der Waals surface area contributed by atoms with Gasteiger partial charge >= 0.3 is 0 Å². The Hall–Kier alpha value is -6.80. The van der Waals surface area contributed by atoms with Crippen LogP contribution in [0.2, 0.25) is 0 Å². The average Bonchev–Trinajstić information content (AvgIpc) is 3.59. The van der Waals surface area contributed by atoms with Crippen LogP contribution in [0.4, 0.5) is 17.1 Å². The number of carbonyl (C=O) groups is 4. The van der Waals surface area contributed by atoms with Crippen molar-refractivity contribution in [3.8, 4) is 17.2 Å². The van der Waals surface area contributed by atoms with Gasteiger partial charge in [-0.2, -0.15) is 0 Å². The predicted octanol–water partition coefficient (Wildman–Crippen LogP) is 6.45. The van der Waals surface area contributed by atoms with Gasteiger partial charge in [0.2, 0.25) is 11.8 Å². The van der Waals surface area contributed by atoms with Crippen molar-refractivity contribution in [1.29, 1.82) is 0 Å². The number of hydrogen-bond acceptors (Lipinski definition) is 10. The van der Waals surface area contributed by atoms with E-state index < -0.39 is 6.04 Å². The van der Waals surface area contributed by atoms with Crippen LogP contribution in [0.15, 0.2) is 82.9 Å². The van der Waals surface area contributed by atoms with Gasteiger partial charge in [0.1, 0.15) is 5.75 Å².